The zero-order valence-electron chi connectivity index (χ0n) is 9.71. The third kappa shape index (κ3) is 1.46. The minimum Gasteiger partial charge on any atom is -0.302 e. The second-order valence-electron chi connectivity index (χ2n) is 5.20. The first kappa shape index (κ1) is 9.54. The molecule has 1 aromatic carbocycles. The predicted octanol–water partition coefficient (Wildman–Crippen LogP) is 2.05. The summed E-state index contributed by atoms with van der Waals surface area (Å²) in [7, 11) is 0. The van der Waals surface area contributed by atoms with Gasteiger partial charge < -0.3 is 4.90 Å². The lowest BCUT2D eigenvalue weighted by atomic mass is 9.90. The molecule has 3 unspecified atom stereocenters. The zero-order valence-corrected chi connectivity index (χ0v) is 9.71. The molecule has 2 bridgehead atoms. The monoisotopic (exact) mass is 225 g/mol. The largest absolute Gasteiger partial charge is 0.302 e. The van der Waals surface area contributed by atoms with Crippen molar-refractivity contribution in [3.8, 4) is 0 Å². The van der Waals surface area contributed by atoms with Crippen molar-refractivity contribution in [2.45, 2.75) is 12.3 Å². The highest BCUT2D eigenvalue weighted by molar-refractivity contribution is 5.73. The van der Waals surface area contributed by atoms with Crippen LogP contribution in [-0.4, -0.2) is 34.5 Å². The Morgan fingerprint density at radius 2 is 2.00 bits per heavy atom. The van der Waals surface area contributed by atoms with Crippen molar-refractivity contribution in [2.24, 2.45) is 5.92 Å². The SMILES string of the molecule is c1ccc2nc(C3CN4CCC3C4)cnc2c1. The normalized spacial score (nSPS) is 31.2. The van der Waals surface area contributed by atoms with Crippen LogP contribution in [0.15, 0.2) is 30.5 Å². The van der Waals surface area contributed by atoms with Crippen molar-refractivity contribution >= 4 is 11.0 Å². The Hall–Kier alpha value is -1.48. The van der Waals surface area contributed by atoms with Gasteiger partial charge in [0.2, 0.25) is 0 Å². The fourth-order valence-electron chi connectivity index (χ4n) is 3.27. The predicted molar refractivity (Wildman–Crippen MR) is 66.8 cm³/mol. The molecule has 2 aliphatic rings. The van der Waals surface area contributed by atoms with Crippen molar-refractivity contribution in [1.82, 2.24) is 14.9 Å². The van der Waals surface area contributed by atoms with Gasteiger partial charge in [0.15, 0.2) is 0 Å². The number of benzene rings is 1. The van der Waals surface area contributed by atoms with Gasteiger partial charge in [-0.15, -0.1) is 0 Å². The van der Waals surface area contributed by atoms with E-state index in [1.54, 1.807) is 0 Å². The third-order valence-corrected chi connectivity index (χ3v) is 4.18. The molecule has 2 aliphatic heterocycles. The molecule has 3 heterocycles. The molecular formula is C14H15N3. The highest BCUT2D eigenvalue weighted by atomic mass is 15.2. The molecule has 3 nitrogen and oxygen atoms in total. The first-order valence-corrected chi connectivity index (χ1v) is 6.34. The van der Waals surface area contributed by atoms with Gasteiger partial charge in [-0.1, -0.05) is 12.1 Å². The number of piperidine rings is 1. The van der Waals surface area contributed by atoms with Crippen LogP contribution in [0.25, 0.3) is 11.0 Å². The second-order valence-corrected chi connectivity index (χ2v) is 5.20. The lowest BCUT2D eigenvalue weighted by molar-refractivity contribution is 0.344. The maximum Gasteiger partial charge on any atom is 0.0890 e. The molecule has 0 N–H and O–H groups in total. The molecule has 3 heteroatoms. The summed E-state index contributed by atoms with van der Waals surface area (Å²) in [6.45, 7) is 3.72. The third-order valence-electron chi connectivity index (χ3n) is 4.18. The first-order valence-electron chi connectivity index (χ1n) is 6.34. The van der Waals surface area contributed by atoms with Gasteiger partial charge in [-0.25, -0.2) is 4.98 Å². The van der Waals surface area contributed by atoms with Gasteiger partial charge in [0.1, 0.15) is 0 Å². The number of rotatable bonds is 1. The van der Waals surface area contributed by atoms with Crippen LogP contribution < -0.4 is 0 Å². The summed E-state index contributed by atoms with van der Waals surface area (Å²) in [6.07, 6.45) is 3.31. The number of hydrogen-bond acceptors (Lipinski definition) is 3. The lowest BCUT2D eigenvalue weighted by Crippen LogP contribution is -2.22. The maximum absolute atomic E-state index is 4.79. The van der Waals surface area contributed by atoms with Crippen molar-refractivity contribution in [1.29, 1.82) is 0 Å². The van der Waals surface area contributed by atoms with E-state index in [1.165, 1.54) is 31.7 Å². The molecule has 2 saturated heterocycles. The summed E-state index contributed by atoms with van der Waals surface area (Å²) in [4.78, 5) is 11.9. The smallest absolute Gasteiger partial charge is 0.0890 e. The van der Waals surface area contributed by atoms with E-state index in [0.717, 1.165) is 17.0 Å². The van der Waals surface area contributed by atoms with Gasteiger partial charge in [0.25, 0.3) is 0 Å². The Labute approximate surface area is 100 Å². The highest BCUT2D eigenvalue weighted by Crippen LogP contribution is 2.38. The van der Waals surface area contributed by atoms with Crippen LogP contribution in [-0.2, 0) is 0 Å². The Bertz CT molecular complexity index is 566. The van der Waals surface area contributed by atoms with Gasteiger partial charge in [-0.05, 0) is 31.0 Å². The Morgan fingerprint density at radius 3 is 2.76 bits per heavy atom. The van der Waals surface area contributed by atoms with E-state index < -0.39 is 0 Å². The molecule has 86 valence electrons. The molecule has 0 saturated carbocycles. The highest BCUT2D eigenvalue weighted by Gasteiger charge is 2.39. The number of nitrogens with zero attached hydrogens (tertiary/aromatic N) is 3. The fourth-order valence-corrected chi connectivity index (χ4v) is 3.27. The number of aromatic nitrogens is 2. The first-order chi connectivity index (χ1) is 8.40. The molecule has 3 atom stereocenters. The van der Waals surface area contributed by atoms with Crippen LogP contribution in [0.3, 0.4) is 0 Å². The summed E-state index contributed by atoms with van der Waals surface area (Å²) in [5.74, 6) is 1.42. The van der Waals surface area contributed by atoms with E-state index in [-0.39, 0.29) is 0 Å². The summed E-state index contributed by atoms with van der Waals surface area (Å²) >= 11 is 0. The van der Waals surface area contributed by atoms with E-state index in [0.29, 0.717) is 5.92 Å². The van der Waals surface area contributed by atoms with Gasteiger partial charge >= 0.3 is 0 Å². The summed E-state index contributed by atoms with van der Waals surface area (Å²) in [5.41, 5.74) is 3.22. The molecule has 1 aromatic heterocycles. The van der Waals surface area contributed by atoms with E-state index in [1.807, 2.05) is 24.4 Å². The van der Waals surface area contributed by atoms with Gasteiger partial charge in [0, 0.05) is 25.2 Å². The zero-order chi connectivity index (χ0) is 11.2. The Morgan fingerprint density at radius 1 is 1.12 bits per heavy atom. The number of para-hydroxylation sites is 2. The van der Waals surface area contributed by atoms with Gasteiger partial charge in [-0.3, -0.25) is 4.98 Å². The molecule has 17 heavy (non-hydrogen) atoms. The van der Waals surface area contributed by atoms with Crippen molar-refractivity contribution in [3.63, 3.8) is 0 Å². The number of fused-ring (bicyclic) bond motifs is 3. The van der Waals surface area contributed by atoms with E-state index in [4.69, 9.17) is 4.98 Å². The van der Waals surface area contributed by atoms with Gasteiger partial charge in [-0.2, -0.15) is 0 Å². The minimum absolute atomic E-state index is 0.612. The van der Waals surface area contributed by atoms with Crippen LogP contribution >= 0.6 is 0 Å². The average molecular weight is 225 g/mol. The van der Waals surface area contributed by atoms with E-state index in [9.17, 15) is 0 Å². The Kier molecular flexibility index (Phi) is 1.97. The molecular weight excluding hydrogens is 210 g/mol. The molecule has 2 aromatic rings. The molecule has 0 aliphatic carbocycles. The van der Waals surface area contributed by atoms with Crippen molar-refractivity contribution in [3.05, 3.63) is 36.2 Å². The minimum atomic E-state index is 0.612. The molecule has 0 spiro atoms. The summed E-state index contributed by atoms with van der Waals surface area (Å²) in [5, 5.41) is 0. The van der Waals surface area contributed by atoms with Crippen LogP contribution in [0.2, 0.25) is 0 Å². The second kappa shape index (κ2) is 3.50. The Balaban J connectivity index is 1.76. The quantitative estimate of drug-likeness (QED) is 0.743. The molecule has 0 radical (unpaired) electrons. The van der Waals surface area contributed by atoms with Crippen LogP contribution in [0.1, 0.15) is 18.0 Å². The fraction of sp³-hybridized carbons (Fsp3) is 0.429. The standard InChI is InChI=1S/C14H15N3/c1-2-4-13-12(3-1)15-7-14(16-13)11-9-17-6-5-10(11)8-17/h1-4,7,10-11H,5-6,8-9H2. The maximum atomic E-state index is 4.79. The van der Waals surface area contributed by atoms with Gasteiger partial charge in [0.05, 0.1) is 16.7 Å². The topological polar surface area (TPSA) is 29.0 Å². The van der Waals surface area contributed by atoms with Crippen LogP contribution in [0, 0.1) is 5.92 Å². The molecule has 2 fully saturated rings. The van der Waals surface area contributed by atoms with Crippen LogP contribution in [0.5, 0.6) is 0 Å². The molecule has 0 amide bonds. The number of hydrogen-bond donors (Lipinski definition) is 0. The summed E-state index contributed by atoms with van der Waals surface area (Å²) in [6, 6.07) is 8.13. The molecule has 4 rings (SSSR count). The summed E-state index contributed by atoms with van der Waals surface area (Å²) < 4.78 is 0. The van der Waals surface area contributed by atoms with Crippen LogP contribution in [0.4, 0.5) is 0 Å². The van der Waals surface area contributed by atoms with E-state index >= 15 is 0 Å². The lowest BCUT2D eigenvalue weighted by Gasteiger charge is -2.21. The van der Waals surface area contributed by atoms with Crippen molar-refractivity contribution in [2.75, 3.05) is 19.6 Å². The average Bonchev–Trinajstić information content (AvgIpc) is 3.00. The van der Waals surface area contributed by atoms with Crippen molar-refractivity contribution < 1.29 is 0 Å². The van der Waals surface area contributed by atoms with E-state index in [2.05, 4.69) is 16.0 Å².